The van der Waals surface area contributed by atoms with Crippen LogP contribution in [0, 0.1) is 12.3 Å². The highest BCUT2D eigenvalue weighted by molar-refractivity contribution is 6.37. The van der Waals surface area contributed by atoms with E-state index < -0.39 is 29.8 Å². The van der Waals surface area contributed by atoms with Gasteiger partial charge >= 0.3 is 18.5 Å². The topological polar surface area (TPSA) is 66.8 Å². The number of amides is 1. The summed E-state index contributed by atoms with van der Waals surface area (Å²) in [6.45, 7) is -3.15. The maximum absolute atomic E-state index is 12.5. The van der Waals surface area contributed by atoms with Gasteiger partial charge in [0.15, 0.2) is 5.75 Å². The van der Waals surface area contributed by atoms with Crippen LogP contribution in [-0.4, -0.2) is 29.1 Å². The van der Waals surface area contributed by atoms with Gasteiger partial charge in [0, 0.05) is 5.69 Å². The molecule has 0 saturated heterocycles. The molecule has 0 unspecified atom stereocenters. The van der Waals surface area contributed by atoms with Crippen LogP contribution in [-0.2, 0) is 9.59 Å². The minimum atomic E-state index is -3.15. The Labute approximate surface area is 158 Å². The molecule has 2 rings (SSSR count). The number of hydrogen-bond donors (Lipinski definition) is 1. The quantitative estimate of drug-likeness (QED) is 0.739. The first-order valence-electron chi connectivity index (χ1n) is 7.71. The van der Waals surface area contributed by atoms with Crippen molar-refractivity contribution in [3.8, 4) is 18.1 Å². The van der Waals surface area contributed by atoms with Crippen LogP contribution >= 0.6 is 23.2 Å². The summed E-state index contributed by atoms with van der Waals surface area (Å²) < 4.78 is 29.2. The van der Waals surface area contributed by atoms with Crippen molar-refractivity contribution >= 4 is 40.8 Å². The van der Waals surface area contributed by atoms with Crippen LogP contribution in [0.3, 0.4) is 0 Å². The van der Waals surface area contributed by atoms with Crippen molar-refractivity contribution in [2.45, 2.75) is 44.3 Å². The van der Waals surface area contributed by atoms with Crippen molar-refractivity contribution < 1.29 is 28.2 Å². The van der Waals surface area contributed by atoms with Gasteiger partial charge in [-0.1, -0.05) is 42.5 Å². The number of aliphatic carboxylic acids is 1. The molecule has 1 aliphatic rings. The highest BCUT2D eigenvalue weighted by Gasteiger charge is 2.48. The molecule has 9 heteroatoms. The van der Waals surface area contributed by atoms with E-state index in [-0.39, 0.29) is 28.6 Å². The van der Waals surface area contributed by atoms with Gasteiger partial charge in [-0.25, -0.2) is 4.79 Å². The lowest BCUT2D eigenvalue weighted by Crippen LogP contribution is -2.58. The second-order valence-electron chi connectivity index (χ2n) is 5.80. The molecule has 0 spiro atoms. The average molecular weight is 406 g/mol. The Hall–Kier alpha value is -2.04. The monoisotopic (exact) mass is 405 g/mol. The number of nitrogens with zero attached hydrogens (tertiary/aromatic N) is 1. The lowest BCUT2D eigenvalue weighted by Gasteiger charge is -2.42. The summed E-state index contributed by atoms with van der Waals surface area (Å²) in [5.41, 5.74) is -1.55. The first-order chi connectivity index (χ1) is 12.2. The third-order valence-electron chi connectivity index (χ3n) is 4.28. The normalized spacial score (nSPS) is 16.0. The predicted octanol–water partition coefficient (Wildman–Crippen LogP) is 4.35. The maximum atomic E-state index is 12.5. The molecular weight excluding hydrogens is 391 g/mol. The Kier molecular flexibility index (Phi) is 6.32. The minimum Gasteiger partial charge on any atom is -0.479 e. The highest BCUT2D eigenvalue weighted by Crippen LogP contribution is 2.43. The van der Waals surface area contributed by atoms with E-state index in [9.17, 15) is 23.5 Å². The van der Waals surface area contributed by atoms with E-state index in [1.54, 1.807) is 0 Å². The first-order valence-corrected chi connectivity index (χ1v) is 8.46. The lowest BCUT2D eigenvalue weighted by molar-refractivity contribution is -0.146. The molecule has 1 aromatic carbocycles. The van der Waals surface area contributed by atoms with Crippen molar-refractivity contribution in [3.05, 3.63) is 22.2 Å². The van der Waals surface area contributed by atoms with Gasteiger partial charge in [0.25, 0.3) is 0 Å². The number of ether oxygens (including phenoxy) is 1. The molecule has 0 bridgehead atoms. The van der Waals surface area contributed by atoms with Gasteiger partial charge in [0.05, 0.1) is 10.0 Å². The zero-order chi connectivity index (χ0) is 19.5. The van der Waals surface area contributed by atoms with E-state index in [1.165, 1.54) is 0 Å². The van der Waals surface area contributed by atoms with Gasteiger partial charge in [-0.3, -0.25) is 9.69 Å². The van der Waals surface area contributed by atoms with Crippen LogP contribution in [0.25, 0.3) is 0 Å². The fourth-order valence-electron chi connectivity index (χ4n) is 3.17. The fraction of sp³-hybridized carbons (Fsp3) is 0.412. The molecule has 1 fully saturated rings. The van der Waals surface area contributed by atoms with Gasteiger partial charge in [0.1, 0.15) is 5.54 Å². The van der Waals surface area contributed by atoms with E-state index in [4.69, 9.17) is 29.6 Å². The number of terminal acetylenes is 1. The lowest BCUT2D eigenvalue weighted by atomic mass is 9.79. The smallest absolute Gasteiger partial charge is 0.387 e. The molecule has 1 saturated carbocycles. The van der Waals surface area contributed by atoms with Gasteiger partial charge in [0.2, 0.25) is 0 Å². The molecule has 1 aromatic rings. The molecule has 0 atom stereocenters. The Morgan fingerprint density at radius 1 is 1.23 bits per heavy atom. The van der Waals surface area contributed by atoms with Crippen LogP contribution in [0.4, 0.5) is 14.5 Å². The number of carbonyl (C=O) groups is 2. The summed E-state index contributed by atoms with van der Waals surface area (Å²) in [6.07, 6.45) is 7.63. The molecule has 140 valence electrons. The van der Waals surface area contributed by atoms with Crippen LogP contribution in [0.2, 0.25) is 10.0 Å². The van der Waals surface area contributed by atoms with Gasteiger partial charge in [-0.15, -0.1) is 6.42 Å². The van der Waals surface area contributed by atoms with Crippen molar-refractivity contribution in [2.24, 2.45) is 0 Å². The van der Waals surface area contributed by atoms with Gasteiger partial charge < -0.3 is 9.84 Å². The molecule has 1 aliphatic carbocycles. The second kappa shape index (κ2) is 8.11. The number of alkyl halides is 2. The second-order valence-corrected chi connectivity index (χ2v) is 6.61. The summed E-state index contributed by atoms with van der Waals surface area (Å²) >= 11 is 11.9. The molecule has 1 N–H and O–H groups in total. The summed E-state index contributed by atoms with van der Waals surface area (Å²) in [5.74, 6) is -0.645. The van der Waals surface area contributed by atoms with Crippen molar-refractivity contribution in [3.63, 3.8) is 0 Å². The number of benzene rings is 1. The summed E-state index contributed by atoms with van der Waals surface area (Å²) in [4.78, 5) is 25.4. The zero-order valence-corrected chi connectivity index (χ0v) is 15.0. The SMILES string of the molecule is C#CC(=O)N(c1cc(Cl)c(OC(F)F)c(Cl)c1)C1(C(=O)O)CCCCC1. The van der Waals surface area contributed by atoms with E-state index in [0.717, 1.165) is 23.5 Å². The number of hydrogen-bond acceptors (Lipinski definition) is 3. The van der Waals surface area contributed by atoms with Crippen LogP contribution in [0.5, 0.6) is 5.75 Å². The Morgan fingerprint density at radius 3 is 2.19 bits per heavy atom. The highest BCUT2D eigenvalue weighted by atomic mass is 35.5. The number of carboxylic acid groups (broad SMARTS) is 1. The maximum Gasteiger partial charge on any atom is 0.387 e. The summed E-state index contributed by atoms with van der Waals surface area (Å²) in [7, 11) is 0. The van der Waals surface area contributed by atoms with Crippen molar-refractivity contribution in [1.82, 2.24) is 0 Å². The van der Waals surface area contributed by atoms with Crippen LogP contribution < -0.4 is 9.64 Å². The van der Waals surface area contributed by atoms with Crippen molar-refractivity contribution in [2.75, 3.05) is 4.90 Å². The first kappa shape index (κ1) is 20.3. The molecule has 5 nitrogen and oxygen atoms in total. The number of carboxylic acids is 1. The van der Waals surface area contributed by atoms with E-state index in [0.29, 0.717) is 12.8 Å². The van der Waals surface area contributed by atoms with E-state index in [1.807, 2.05) is 5.92 Å². The van der Waals surface area contributed by atoms with Crippen molar-refractivity contribution in [1.29, 1.82) is 0 Å². The van der Waals surface area contributed by atoms with E-state index in [2.05, 4.69) is 4.74 Å². The molecule has 0 radical (unpaired) electrons. The predicted molar refractivity (Wildman–Crippen MR) is 92.9 cm³/mol. The number of anilines is 1. The summed E-state index contributed by atoms with van der Waals surface area (Å²) in [6, 6.07) is 2.28. The average Bonchev–Trinajstić information content (AvgIpc) is 2.58. The number of carbonyl (C=O) groups excluding carboxylic acids is 1. The Balaban J connectivity index is 2.60. The largest absolute Gasteiger partial charge is 0.479 e. The Morgan fingerprint density at radius 2 is 1.77 bits per heavy atom. The third-order valence-corrected chi connectivity index (χ3v) is 4.84. The molecule has 0 aromatic heterocycles. The van der Waals surface area contributed by atoms with Gasteiger partial charge in [-0.2, -0.15) is 8.78 Å². The number of rotatable bonds is 5. The van der Waals surface area contributed by atoms with E-state index >= 15 is 0 Å². The Bertz CT molecular complexity index is 735. The minimum absolute atomic E-state index is 0.00821. The van der Waals surface area contributed by atoms with Crippen LogP contribution in [0.1, 0.15) is 32.1 Å². The van der Waals surface area contributed by atoms with Gasteiger partial charge in [-0.05, 0) is 30.9 Å². The molecule has 1 amide bonds. The van der Waals surface area contributed by atoms with Crippen LogP contribution in [0.15, 0.2) is 12.1 Å². The molecule has 0 heterocycles. The fourth-order valence-corrected chi connectivity index (χ4v) is 3.74. The molecule has 26 heavy (non-hydrogen) atoms. The third kappa shape index (κ3) is 3.87. The summed E-state index contributed by atoms with van der Waals surface area (Å²) in [5, 5.41) is 9.24. The standard InChI is InChI=1S/C17H15Cl2F2NO4/c1-2-13(23)22(17(15(24)25)6-4-3-5-7-17)10-8-11(18)14(12(19)9-10)26-16(20)21/h1,8-9,16H,3-7H2,(H,24,25). The zero-order valence-electron chi connectivity index (χ0n) is 13.5. The molecular formula is C17H15Cl2F2NO4. The number of halogens is 4. The molecule has 0 aliphatic heterocycles.